The molecule has 0 unspecified atom stereocenters. The Kier molecular flexibility index (Phi) is 7.17. The van der Waals surface area contributed by atoms with Gasteiger partial charge < -0.3 is 4.90 Å². The second-order valence-electron chi connectivity index (χ2n) is 15.8. The summed E-state index contributed by atoms with van der Waals surface area (Å²) in [6.07, 6.45) is 0. The summed E-state index contributed by atoms with van der Waals surface area (Å²) in [6.45, 7) is 10.1. The minimum absolute atomic E-state index is 1.19. The zero-order chi connectivity index (χ0) is 35.9. The average molecular weight is 712 g/mol. The highest BCUT2D eigenvalue weighted by Crippen LogP contribution is 2.42. The second kappa shape index (κ2) is 11.9. The number of benzene rings is 8. The van der Waals surface area contributed by atoms with Crippen LogP contribution in [0.3, 0.4) is 0 Å². The molecule has 2 aliphatic heterocycles. The molecule has 8 aromatic carbocycles. The van der Waals surface area contributed by atoms with Crippen molar-refractivity contribution >= 4 is 64.7 Å². The van der Waals surface area contributed by atoms with E-state index in [1.807, 2.05) is 0 Å². The van der Waals surface area contributed by atoms with Crippen LogP contribution in [-0.2, 0) is 0 Å². The number of fused-ring (bicyclic) bond motifs is 7. The quantitative estimate of drug-likeness (QED) is 0.161. The van der Waals surface area contributed by atoms with E-state index in [0.29, 0.717) is 0 Å². The average Bonchev–Trinajstić information content (AvgIpc) is 3.58. The van der Waals surface area contributed by atoms with Gasteiger partial charge in [-0.25, -0.2) is 0 Å². The molecule has 0 N–H and O–H groups in total. The topological polar surface area (TPSA) is 3.24 Å². The number of rotatable bonds is 5. The molecule has 0 atom stereocenters. The van der Waals surface area contributed by atoms with E-state index in [2.05, 4.69) is 207 Å². The van der Waals surface area contributed by atoms with E-state index in [4.69, 9.17) is 0 Å². The lowest BCUT2D eigenvalue weighted by Crippen LogP contribution is -2.51. The van der Waals surface area contributed by atoms with Gasteiger partial charge in [0.2, 0.25) is 0 Å². The van der Waals surface area contributed by atoms with Crippen molar-refractivity contribution in [3.8, 4) is 44.5 Å². The van der Waals surface area contributed by atoms with Gasteiger partial charge in [0.25, 0.3) is 0 Å². The summed E-state index contributed by atoms with van der Waals surface area (Å²) in [5.74, 6) is 0. The molecular formula is C50H41NSi2. The lowest BCUT2D eigenvalue weighted by Gasteiger charge is -2.32. The normalized spacial score (nSPS) is 14.3. The first-order valence-electron chi connectivity index (χ1n) is 18.8. The van der Waals surface area contributed by atoms with Crippen molar-refractivity contribution in [2.75, 3.05) is 4.90 Å². The van der Waals surface area contributed by atoms with Gasteiger partial charge in [-0.3, -0.25) is 0 Å². The van der Waals surface area contributed by atoms with Gasteiger partial charge in [-0.05, 0) is 112 Å². The highest BCUT2D eigenvalue weighted by atomic mass is 28.3. The lowest BCUT2D eigenvalue weighted by molar-refractivity contribution is 1.30. The monoisotopic (exact) mass is 711 g/mol. The summed E-state index contributed by atoms with van der Waals surface area (Å²) in [4.78, 5) is 2.56. The number of hydrogen-bond donors (Lipinski definition) is 0. The minimum atomic E-state index is -2.05. The Morgan fingerprint density at radius 1 is 0.340 bits per heavy atom. The van der Waals surface area contributed by atoms with Crippen LogP contribution in [0.25, 0.3) is 55.3 Å². The predicted octanol–water partition coefficient (Wildman–Crippen LogP) is 11.2. The first-order valence-corrected chi connectivity index (χ1v) is 24.8. The third-order valence-electron chi connectivity index (χ3n) is 12.0. The van der Waals surface area contributed by atoms with Crippen LogP contribution >= 0.6 is 0 Å². The van der Waals surface area contributed by atoms with Crippen LogP contribution in [0.5, 0.6) is 0 Å². The van der Waals surface area contributed by atoms with Gasteiger partial charge in [-0.1, -0.05) is 166 Å². The standard InChI is InChI=1S/C50H41NSi2/c1-52(2)48-32-39(38-22-21-35-15-8-9-16-37(35)31-38)25-29-43(48)44-30-28-41(33-49(44)52)51(40-26-23-36(24-27-40)34-13-6-5-7-14-34)46-19-12-18-45-42-17-10-11-20-47(42)53(3,4)50(45)46/h5-33H,1-4H3. The zero-order valence-corrected chi connectivity index (χ0v) is 32.7. The summed E-state index contributed by atoms with van der Waals surface area (Å²) in [7, 11) is -4.06. The van der Waals surface area contributed by atoms with Gasteiger partial charge in [0.1, 0.15) is 16.1 Å². The van der Waals surface area contributed by atoms with Gasteiger partial charge in [0.05, 0.1) is 0 Å². The van der Waals surface area contributed by atoms with Crippen LogP contribution in [0.2, 0.25) is 26.2 Å². The summed E-state index contributed by atoms with van der Waals surface area (Å²) in [6, 6.07) is 66.1. The van der Waals surface area contributed by atoms with Gasteiger partial charge in [0, 0.05) is 17.1 Å². The van der Waals surface area contributed by atoms with E-state index in [-0.39, 0.29) is 0 Å². The molecule has 8 aromatic rings. The molecule has 2 heterocycles. The van der Waals surface area contributed by atoms with Crippen LogP contribution in [0.15, 0.2) is 176 Å². The molecular weight excluding hydrogens is 671 g/mol. The van der Waals surface area contributed by atoms with Crippen LogP contribution in [0, 0.1) is 0 Å². The zero-order valence-electron chi connectivity index (χ0n) is 30.7. The van der Waals surface area contributed by atoms with E-state index in [0.717, 1.165) is 0 Å². The molecule has 254 valence electrons. The van der Waals surface area contributed by atoms with Crippen LogP contribution in [-0.4, -0.2) is 16.1 Å². The van der Waals surface area contributed by atoms with Gasteiger partial charge in [-0.15, -0.1) is 0 Å². The van der Waals surface area contributed by atoms with Crippen molar-refractivity contribution in [3.05, 3.63) is 176 Å². The molecule has 3 heteroatoms. The molecule has 2 aliphatic rings. The SMILES string of the molecule is C[Si]1(C)c2cc(-c3ccc4ccccc4c3)ccc2-c2ccc(N(c3ccc(-c4ccccc4)cc3)c3cccc4c3[Si](C)(C)c3ccccc3-4)cc21. The molecule has 0 saturated heterocycles. The maximum absolute atomic E-state index is 2.56. The Balaban J connectivity index is 1.12. The Morgan fingerprint density at radius 2 is 0.906 bits per heavy atom. The maximum atomic E-state index is 2.56. The molecule has 0 saturated carbocycles. The van der Waals surface area contributed by atoms with Crippen LogP contribution in [0.4, 0.5) is 17.1 Å². The largest absolute Gasteiger partial charge is 0.311 e. The van der Waals surface area contributed by atoms with E-state index < -0.39 is 16.1 Å². The van der Waals surface area contributed by atoms with Gasteiger partial charge in [0.15, 0.2) is 0 Å². The summed E-state index contributed by atoms with van der Waals surface area (Å²) in [5.41, 5.74) is 14.4. The number of nitrogens with zero attached hydrogens (tertiary/aromatic N) is 1. The lowest BCUT2D eigenvalue weighted by atomic mass is 9.98. The Bertz CT molecular complexity index is 2730. The minimum Gasteiger partial charge on any atom is -0.311 e. The molecule has 10 rings (SSSR count). The van der Waals surface area contributed by atoms with E-state index >= 15 is 0 Å². The van der Waals surface area contributed by atoms with Crippen molar-refractivity contribution < 1.29 is 0 Å². The number of hydrogen-bond acceptors (Lipinski definition) is 1. The summed E-state index contributed by atoms with van der Waals surface area (Å²) < 4.78 is 0. The molecule has 1 nitrogen and oxygen atoms in total. The fraction of sp³-hybridized carbons (Fsp3) is 0.0800. The van der Waals surface area contributed by atoms with Crippen molar-refractivity contribution in [2.45, 2.75) is 26.2 Å². The first kappa shape index (κ1) is 31.9. The molecule has 0 fully saturated rings. The first-order chi connectivity index (χ1) is 25.8. The van der Waals surface area contributed by atoms with Crippen LogP contribution < -0.4 is 25.6 Å². The molecule has 0 radical (unpaired) electrons. The molecule has 53 heavy (non-hydrogen) atoms. The smallest absolute Gasteiger partial charge is 0.116 e. The second-order valence-corrected chi connectivity index (χ2v) is 24.4. The molecule has 0 spiro atoms. The van der Waals surface area contributed by atoms with Crippen molar-refractivity contribution in [1.29, 1.82) is 0 Å². The fourth-order valence-electron chi connectivity index (χ4n) is 9.28. The Morgan fingerprint density at radius 3 is 1.72 bits per heavy atom. The molecule has 0 amide bonds. The van der Waals surface area contributed by atoms with Crippen molar-refractivity contribution in [2.24, 2.45) is 0 Å². The van der Waals surface area contributed by atoms with Crippen molar-refractivity contribution in [1.82, 2.24) is 0 Å². The van der Waals surface area contributed by atoms with Crippen LogP contribution in [0.1, 0.15) is 0 Å². The molecule has 0 aliphatic carbocycles. The highest BCUT2D eigenvalue weighted by molar-refractivity contribution is 7.05. The van der Waals surface area contributed by atoms with Crippen molar-refractivity contribution in [3.63, 3.8) is 0 Å². The third kappa shape index (κ3) is 4.95. The third-order valence-corrected chi connectivity index (χ3v) is 19.1. The van der Waals surface area contributed by atoms with Gasteiger partial charge >= 0.3 is 0 Å². The Hall–Kier alpha value is -5.75. The maximum Gasteiger partial charge on any atom is 0.116 e. The highest BCUT2D eigenvalue weighted by Gasteiger charge is 2.42. The fourth-order valence-corrected chi connectivity index (χ4v) is 15.8. The number of anilines is 3. The van der Waals surface area contributed by atoms with E-state index in [9.17, 15) is 0 Å². The van der Waals surface area contributed by atoms with E-state index in [1.165, 1.54) is 93.1 Å². The molecule has 0 aromatic heterocycles. The summed E-state index contributed by atoms with van der Waals surface area (Å²) in [5, 5.41) is 8.66. The predicted molar refractivity (Wildman–Crippen MR) is 234 cm³/mol. The van der Waals surface area contributed by atoms with E-state index in [1.54, 1.807) is 0 Å². The Labute approximate surface area is 314 Å². The summed E-state index contributed by atoms with van der Waals surface area (Å²) >= 11 is 0. The molecule has 0 bridgehead atoms. The van der Waals surface area contributed by atoms with Gasteiger partial charge in [-0.2, -0.15) is 0 Å².